The first kappa shape index (κ1) is 9.49. The van der Waals surface area contributed by atoms with E-state index in [4.69, 9.17) is 0 Å². The minimum atomic E-state index is 0.832. The van der Waals surface area contributed by atoms with E-state index in [1.54, 1.807) is 4.79 Å². The molecule has 0 aromatic carbocycles. The van der Waals surface area contributed by atoms with Gasteiger partial charge in [-0.3, -0.25) is 0 Å². The van der Waals surface area contributed by atoms with E-state index >= 15 is 0 Å². The van der Waals surface area contributed by atoms with Gasteiger partial charge in [-0.2, -0.15) is 4.79 Å². The summed E-state index contributed by atoms with van der Waals surface area (Å²) in [6.45, 7) is 5.05. The quantitative estimate of drug-likeness (QED) is 0.795. The van der Waals surface area contributed by atoms with Crippen LogP contribution in [0.25, 0.3) is 0 Å². The second-order valence-corrected chi connectivity index (χ2v) is 4.18. The molecule has 0 atom stereocenters. The normalized spacial score (nSPS) is 17.6. The molecule has 0 unspecified atom stereocenters. The Labute approximate surface area is 84.7 Å². The predicted octanol–water partition coefficient (Wildman–Crippen LogP) is 1.63. The van der Waals surface area contributed by atoms with Crippen molar-refractivity contribution in [2.24, 2.45) is 5.92 Å². The first-order chi connectivity index (χ1) is 6.77. The number of hydrogen-bond donors (Lipinski definition) is 1. The van der Waals surface area contributed by atoms with Gasteiger partial charge in [-0.25, -0.2) is 0 Å². The molecule has 1 aliphatic carbocycles. The Balaban J connectivity index is 1.88. The average Bonchev–Trinajstić information content (AvgIpc) is 2.77. The molecule has 14 heavy (non-hydrogen) atoms. The molecule has 2 rings (SSSR count). The summed E-state index contributed by atoms with van der Waals surface area (Å²) in [7, 11) is 0. The van der Waals surface area contributed by atoms with E-state index in [2.05, 4.69) is 15.7 Å². The molecule has 0 saturated heterocycles. The first-order valence-electron chi connectivity index (χ1n) is 5.40. The van der Waals surface area contributed by atoms with Gasteiger partial charge in [0.25, 0.3) is 0 Å². The van der Waals surface area contributed by atoms with Crippen LogP contribution < -0.4 is 5.43 Å². The Kier molecular flexibility index (Phi) is 2.70. The summed E-state index contributed by atoms with van der Waals surface area (Å²) in [5.41, 5.74) is 5.44. The zero-order chi connectivity index (χ0) is 9.97. The van der Waals surface area contributed by atoms with Crippen molar-refractivity contribution >= 4 is 0 Å². The monoisotopic (exact) mass is 194 g/mol. The van der Waals surface area contributed by atoms with Crippen molar-refractivity contribution < 1.29 is 0 Å². The van der Waals surface area contributed by atoms with Gasteiger partial charge in [0, 0.05) is 6.54 Å². The van der Waals surface area contributed by atoms with Crippen LogP contribution >= 0.6 is 0 Å². The zero-order valence-corrected chi connectivity index (χ0v) is 8.95. The largest absolute Gasteiger partial charge is 0.308 e. The first-order valence-corrected chi connectivity index (χ1v) is 5.40. The van der Waals surface area contributed by atoms with Gasteiger partial charge in [-0.15, -0.1) is 5.10 Å². The maximum atomic E-state index is 4.03. The van der Waals surface area contributed by atoms with Gasteiger partial charge in [0.15, 0.2) is 0 Å². The Morgan fingerprint density at radius 1 is 1.36 bits per heavy atom. The predicted molar refractivity (Wildman–Crippen MR) is 55.7 cm³/mol. The molecule has 1 N–H and O–H groups in total. The molecule has 0 aliphatic heterocycles. The van der Waals surface area contributed by atoms with Crippen molar-refractivity contribution in [2.45, 2.75) is 39.5 Å². The summed E-state index contributed by atoms with van der Waals surface area (Å²) in [5, 5.41) is 8.04. The van der Waals surface area contributed by atoms with Crippen LogP contribution in [0.1, 0.15) is 37.1 Å². The fourth-order valence-corrected chi connectivity index (χ4v) is 1.98. The number of aromatic nitrogens is 3. The molecule has 0 amide bonds. The lowest BCUT2D eigenvalue weighted by molar-refractivity contribution is 0.531. The van der Waals surface area contributed by atoms with Crippen molar-refractivity contribution in [3.63, 3.8) is 0 Å². The molecule has 1 saturated carbocycles. The Morgan fingerprint density at radius 2 is 2.07 bits per heavy atom. The third-order valence-corrected chi connectivity index (χ3v) is 3.13. The average molecular weight is 194 g/mol. The van der Waals surface area contributed by atoms with E-state index in [9.17, 15) is 0 Å². The molecule has 0 radical (unpaired) electrons. The van der Waals surface area contributed by atoms with E-state index in [1.165, 1.54) is 25.7 Å². The van der Waals surface area contributed by atoms with Gasteiger partial charge in [0.2, 0.25) is 0 Å². The lowest BCUT2D eigenvalue weighted by Crippen LogP contribution is -2.23. The number of nitrogens with zero attached hydrogens (tertiary/aromatic N) is 3. The van der Waals surface area contributed by atoms with Crippen LogP contribution in [-0.2, 0) is 0 Å². The molecule has 1 aromatic rings. The zero-order valence-electron chi connectivity index (χ0n) is 8.95. The Hall–Kier alpha value is -1.06. The fourth-order valence-electron chi connectivity index (χ4n) is 1.98. The summed E-state index contributed by atoms with van der Waals surface area (Å²) in [6.07, 6.45) is 5.50. The number of rotatable bonds is 3. The molecule has 1 aromatic heterocycles. The summed E-state index contributed by atoms with van der Waals surface area (Å²) < 4.78 is 0. The summed E-state index contributed by atoms with van der Waals surface area (Å²) in [6, 6.07) is 0. The molecule has 4 heteroatoms. The van der Waals surface area contributed by atoms with Gasteiger partial charge < -0.3 is 5.43 Å². The molecule has 0 bridgehead atoms. The second kappa shape index (κ2) is 3.98. The topological polar surface area (TPSA) is 42.7 Å². The van der Waals surface area contributed by atoms with Crippen LogP contribution in [-0.4, -0.2) is 21.6 Å². The lowest BCUT2D eigenvalue weighted by atomic mass is 10.1. The molecule has 1 fully saturated rings. The van der Waals surface area contributed by atoms with Crippen LogP contribution in [0.15, 0.2) is 0 Å². The molecule has 4 nitrogen and oxygen atoms in total. The maximum absolute atomic E-state index is 4.03. The number of aryl methyl sites for hydroxylation is 1. The van der Waals surface area contributed by atoms with E-state index < -0.39 is 0 Å². The summed E-state index contributed by atoms with van der Waals surface area (Å²) in [5.74, 6) is 0.832. The minimum Gasteiger partial charge on any atom is -0.308 e. The Bertz CT molecular complexity index is 299. The van der Waals surface area contributed by atoms with Crippen LogP contribution in [0.2, 0.25) is 0 Å². The third-order valence-electron chi connectivity index (χ3n) is 3.13. The minimum absolute atomic E-state index is 0.832. The molecular formula is C10H18N4. The lowest BCUT2D eigenvalue weighted by Gasteiger charge is -2.11. The highest BCUT2D eigenvalue weighted by Gasteiger charge is 2.15. The van der Waals surface area contributed by atoms with Gasteiger partial charge in [-0.05, 0) is 37.8 Å². The van der Waals surface area contributed by atoms with Gasteiger partial charge in [0.1, 0.15) is 0 Å². The van der Waals surface area contributed by atoms with Crippen LogP contribution in [0.3, 0.4) is 0 Å². The second-order valence-electron chi connectivity index (χ2n) is 4.18. The van der Waals surface area contributed by atoms with E-state index in [0.717, 1.165) is 23.9 Å². The Morgan fingerprint density at radius 3 is 2.64 bits per heavy atom. The van der Waals surface area contributed by atoms with E-state index in [0.29, 0.717) is 0 Å². The highest BCUT2D eigenvalue weighted by molar-refractivity contribution is 5.05. The SMILES string of the molecule is Cc1nnn(NCC2CCCC2)c1C. The molecule has 78 valence electrons. The number of hydrogen-bond acceptors (Lipinski definition) is 3. The number of nitrogens with one attached hydrogen (secondary N) is 1. The van der Waals surface area contributed by atoms with Crippen molar-refractivity contribution in [3.05, 3.63) is 11.4 Å². The smallest absolute Gasteiger partial charge is 0.0847 e. The van der Waals surface area contributed by atoms with Crippen LogP contribution in [0.5, 0.6) is 0 Å². The summed E-state index contributed by atoms with van der Waals surface area (Å²) >= 11 is 0. The van der Waals surface area contributed by atoms with Crippen LogP contribution in [0.4, 0.5) is 0 Å². The van der Waals surface area contributed by atoms with Crippen molar-refractivity contribution in [1.82, 2.24) is 15.1 Å². The van der Waals surface area contributed by atoms with Gasteiger partial charge >= 0.3 is 0 Å². The van der Waals surface area contributed by atoms with Gasteiger partial charge in [-0.1, -0.05) is 12.8 Å². The molecule has 0 spiro atoms. The fraction of sp³-hybridized carbons (Fsp3) is 0.800. The highest BCUT2D eigenvalue weighted by atomic mass is 15.6. The molecule has 1 aliphatic rings. The molecular weight excluding hydrogens is 176 g/mol. The van der Waals surface area contributed by atoms with Crippen LogP contribution in [0, 0.1) is 19.8 Å². The van der Waals surface area contributed by atoms with Crippen molar-refractivity contribution in [3.8, 4) is 0 Å². The third kappa shape index (κ3) is 1.89. The maximum Gasteiger partial charge on any atom is 0.0847 e. The van der Waals surface area contributed by atoms with Crippen molar-refractivity contribution in [2.75, 3.05) is 12.0 Å². The standard InChI is InChI=1S/C10H18N4/c1-8-9(2)14(13-12-8)11-7-10-5-3-4-6-10/h10-11H,3-7H2,1-2H3. The summed E-state index contributed by atoms with van der Waals surface area (Å²) in [4.78, 5) is 1.80. The highest BCUT2D eigenvalue weighted by Crippen LogP contribution is 2.23. The molecule has 1 heterocycles. The van der Waals surface area contributed by atoms with E-state index in [-0.39, 0.29) is 0 Å². The van der Waals surface area contributed by atoms with E-state index in [1.807, 2.05) is 13.8 Å². The van der Waals surface area contributed by atoms with Crippen molar-refractivity contribution in [1.29, 1.82) is 0 Å². The van der Waals surface area contributed by atoms with Gasteiger partial charge in [0.05, 0.1) is 11.4 Å².